The van der Waals surface area contributed by atoms with E-state index in [4.69, 9.17) is 0 Å². The van der Waals surface area contributed by atoms with Crippen molar-refractivity contribution in [3.05, 3.63) is 34.9 Å². The van der Waals surface area contributed by atoms with Gasteiger partial charge in [0.05, 0.1) is 0 Å². The minimum Gasteiger partial charge on any atom is -0.341 e. The highest BCUT2D eigenvalue weighted by molar-refractivity contribution is 7.80. The summed E-state index contributed by atoms with van der Waals surface area (Å²) in [7, 11) is 1.85. The van der Waals surface area contributed by atoms with Crippen LogP contribution in [0.5, 0.6) is 0 Å². The van der Waals surface area contributed by atoms with Crippen molar-refractivity contribution in [2.45, 2.75) is 39.7 Å². The van der Waals surface area contributed by atoms with Crippen LogP contribution in [-0.2, 0) is 11.3 Å². The number of hydrogen-bond acceptors (Lipinski definition) is 2. The Kier molecular flexibility index (Phi) is 5.73. The van der Waals surface area contributed by atoms with Gasteiger partial charge in [0.15, 0.2) is 0 Å². The second-order valence-electron chi connectivity index (χ2n) is 5.06. The molecule has 3 heteroatoms. The quantitative estimate of drug-likeness (QED) is 0.809. The third kappa shape index (κ3) is 4.05. The van der Waals surface area contributed by atoms with Gasteiger partial charge in [-0.1, -0.05) is 32.0 Å². The van der Waals surface area contributed by atoms with E-state index in [0.29, 0.717) is 24.6 Å². The molecular formula is C15H23NOS. The summed E-state index contributed by atoms with van der Waals surface area (Å²) in [5, 5.41) is 0. The first-order valence-electron chi connectivity index (χ1n) is 6.40. The molecule has 1 rings (SSSR count). The van der Waals surface area contributed by atoms with E-state index >= 15 is 0 Å². The molecule has 1 aromatic rings. The number of thiol groups is 1. The fraction of sp³-hybridized carbons (Fsp3) is 0.533. The molecule has 0 aliphatic heterocycles. The summed E-state index contributed by atoms with van der Waals surface area (Å²) in [5.74, 6) is 1.27. The van der Waals surface area contributed by atoms with Gasteiger partial charge in [0.25, 0.3) is 0 Å². The van der Waals surface area contributed by atoms with Crippen LogP contribution in [0.25, 0.3) is 0 Å². The topological polar surface area (TPSA) is 20.3 Å². The molecule has 0 saturated carbocycles. The molecule has 100 valence electrons. The molecule has 1 aromatic carbocycles. The second-order valence-corrected chi connectivity index (χ2v) is 5.51. The monoisotopic (exact) mass is 265 g/mol. The summed E-state index contributed by atoms with van der Waals surface area (Å²) in [6.07, 6.45) is 0.503. The first-order chi connectivity index (χ1) is 8.45. The van der Waals surface area contributed by atoms with Gasteiger partial charge >= 0.3 is 0 Å². The van der Waals surface area contributed by atoms with Crippen LogP contribution in [0.4, 0.5) is 0 Å². The van der Waals surface area contributed by atoms with Crippen molar-refractivity contribution in [2.24, 2.45) is 0 Å². The van der Waals surface area contributed by atoms with Gasteiger partial charge < -0.3 is 4.90 Å². The maximum absolute atomic E-state index is 11.8. The molecule has 0 heterocycles. The Bertz CT molecular complexity index is 415. The standard InChI is InChI=1S/C15H23NOS/c1-11(2)13-6-5-12(3)14(9-13)10-16(4)15(17)7-8-18/h5-6,9,11,18H,7-8,10H2,1-4H3. The molecule has 0 saturated heterocycles. The second kappa shape index (κ2) is 6.83. The molecule has 18 heavy (non-hydrogen) atoms. The highest BCUT2D eigenvalue weighted by Crippen LogP contribution is 2.19. The van der Waals surface area contributed by atoms with Crippen LogP contribution in [0, 0.1) is 6.92 Å². The molecule has 1 amide bonds. The number of carbonyl (C=O) groups is 1. The summed E-state index contributed by atoms with van der Waals surface area (Å²) in [4.78, 5) is 13.5. The zero-order chi connectivity index (χ0) is 13.7. The van der Waals surface area contributed by atoms with Crippen LogP contribution in [-0.4, -0.2) is 23.6 Å². The summed E-state index contributed by atoms with van der Waals surface area (Å²) in [6.45, 7) is 7.14. The van der Waals surface area contributed by atoms with E-state index in [1.807, 2.05) is 7.05 Å². The van der Waals surface area contributed by atoms with Crippen molar-refractivity contribution in [1.82, 2.24) is 4.90 Å². The summed E-state index contributed by atoms with van der Waals surface area (Å²) < 4.78 is 0. The van der Waals surface area contributed by atoms with Gasteiger partial charge in [-0.25, -0.2) is 0 Å². The van der Waals surface area contributed by atoms with E-state index in [0.717, 1.165) is 0 Å². The Morgan fingerprint density at radius 3 is 2.61 bits per heavy atom. The van der Waals surface area contributed by atoms with Crippen molar-refractivity contribution in [2.75, 3.05) is 12.8 Å². The molecule has 0 aromatic heterocycles. The largest absolute Gasteiger partial charge is 0.341 e. The number of rotatable bonds is 5. The zero-order valence-corrected chi connectivity index (χ0v) is 12.6. The van der Waals surface area contributed by atoms with Crippen molar-refractivity contribution in [1.29, 1.82) is 0 Å². The molecule has 0 bridgehead atoms. The Balaban J connectivity index is 2.83. The van der Waals surface area contributed by atoms with Gasteiger partial charge in [-0.2, -0.15) is 12.6 Å². The lowest BCUT2D eigenvalue weighted by Gasteiger charge is -2.19. The summed E-state index contributed by atoms with van der Waals surface area (Å²) in [5.41, 5.74) is 3.80. The van der Waals surface area contributed by atoms with Gasteiger partial charge in [-0.3, -0.25) is 4.79 Å². The number of benzene rings is 1. The van der Waals surface area contributed by atoms with Crippen LogP contribution in [0.3, 0.4) is 0 Å². The smallest absolute Gasteiger partial charge is 0.223 e. The average molecular weight is 265 g/mol. The highest BCUT2D eigenvalue weighted by Gasteiger charge is 2.10. The van der Waals surface area contributed by atoms with Crippen LogP contribution >= 0.6 is 12.6 Å². The molecule has 0 radical (unpaired) electrons. The van der Waals surface area contributed by atoms with Crippen molar-refractivity contribution < 1.29 is 4.79 Å². The lowest BCUT2D eigenvalue weighted by atomic mass is 9.97. The fourth-order valence-electron chi connectivity index (χ4n) is 1.85. The Hall–Kier alpha value is -0.960. The van der Waals surface area contributed by atoms with E-state index in [1.54, 1.807) is 4.90 Å². The zero-order valence-electron chi connectivity index (χ0n) is 11.7. The van der Waals surface area contributed by atoms with E-state index in [1.165, 1.54) is 16.7 Å². The average Bonchev–Trinajstić information content (AvgIpc) is 2.31. The van der Waals surface area contributed by atoms with Crippen LogP contribution < -0.4 is 0 Å². The number of carbonyl (C=O) groups excluding carboxylic acids is 1. The highest BCUT2D eigenvalue weighted by atomic mass is 32.1. The molecule has 0 unspecified atom stereocenters. The Morgan fingerprint density at radius 1 is 1.39 bits per heavy atom. The minimum absolute atomic E-state index is 0.152. The Morgan fingerprint density at radius 2 is 2.06 bits per heavy atom. The maximum Gasteiger partial charge on any atom is 0.223 e. The lowest BCUT2D eigenvalue weighted by molar-refractivity contribution is -0.129. The minimum atomic E-state index is 0.152. The van der Waals surface area contributed by atoms with Gasteiger partial charge in [0.2, 0.25) is 5.91 Å². The van der Waals surface area contributed by atoms with Crippen LogP contribution in [0.15, 0.2) is 18.2 Å². The van der Waals surface area contributed by atoms with Crippen molar-refractivity contribution in [3.63, 3.8) is 0 Å². The van der Waals surface area contributed by atoms with Gasteiger partial charge in [-0.15, -0.1) is 0 Å². The van der Waals surface area contributed by atoms with Gasteiger partial charge in [0, 0.05) is 20.0 Å². The first-order valence-corrected chi connectivity index (χ1v) is 7.03. The molecule has 2 nitrogen and oxygen atoms in total. The van der Waals surface area contributed by atoms with E-state index in [2.05, 4.69) is 51.6 Å². The molecule has 0 aliphatic rings. The first kappa shape index (κ1) is 15.1. The Labute approximate surface area is 116 Å². The van der Waals surface area contributed by atoms with Crippen LogP contribution in [0.2, 0.25) is 0 Å². The van der Waals surface area contributed by atoms with E-state index in [9.17, 15) is 4.79 Å². The predicted octanol–water partition coefficient (Wildman–Crippen LogP) is 3.40. The van der Waals surface area contributed by atoms with E-state index in [-0.39, 0.29) is 5.91 Å². The number of nitrogens with zero attached hydrogens (tertiary/aromatic N) is 1. The molecule has 0 spiro atoms. The predicted molar refractivity (Wildman–Crippen MR) is 80.2 cm³/mol. The molecule has 0 N–H and O–H groups in total. The summed E-state index contributed by atoms with van der Waals surface area (Å²) in [6, 6.07) is 6.52. The SMILES string of the molecule is Cc1ccc(C(C)C)cc1CN(C)C(=O)CCS. The van der Waals surface area contributed by atoms with Gasteiger partial charge in [0.1, 0.15) is 0 Å². The third-order valence-corrected chi connectivity index (χ3v) is 3.42. The fourth-order valence-corrected chi connectivity index (χ4v) is 2.04. The van der Waals surface area contributed by atoms with Crippen molar-refractivity contribution >= 4 is 18.5 Å². The molecule has 0 fully saturated rings. The normalized spacial score (nSPS) is 10.8. The summed E-state index contributed by atoms with van der Waals surface area (Å²) >= 11 is 4.10. The molecule has 0 atom stereocenters. The number of aryl methyl sites for hydroxylation is 1. The number of amides is 1. The lowest BCUT2D eigenvalue weighted by Crippen LogP contribution is -2.26. The molecule has 0 aliphatic carbocycles. The van der Waals surface area contributed by atoms with Crippen LogP contribution in [0.1, 0.15) is 42.9 Å². The molecular weight excluding hydrogens is 242 g/mol. The van der Waals surface area contributed by atoms with Gasteiger partial charge in [-0.05, 0) is 35.3 Å². The number of hydrogen-bond donors (Lipinski definition) is 1. The van der Waals surface area contributed by atoms with E-state index < -0.39 is 0 Å². The maximum atomic E-state index is 11.8. The third-order valence-electron chi connectivity index (χ3n) is 3.20. The van der Waals surface area contributed by atoms with Crippen molar-refractivity contribution in [3.8, 4) is 0 Å².